The maximum atomic E-state index is 7.00. The molecule has 1 spiro atoms. The van der Waals surface area contributed by atoms with Gasteiger partial charge in [0.2, 0.25) is 0 Å². The standard InChI is InChI=1S/C30H39ClN2OS/c1-22-9-4-3-7-18-35-32-23(2)24-12-15-29-28(20-24)33(17-6-5-10-22)21-30(34-29)16-8-11-25-19-26(31)13-14-27(25)30/h3-4,13-14,19-20,22,32H,2,5-12,15-18,21H2,1H3/b4-3+. The minimum atomic E-state index is -0.260. The lowest BCUT2D eigenvalue weighted by Crippen LogP contribution is -2.49. The lowest BCUT2D eigenvalue weighted by molar-refractivity contribution is -0.0661. The summed E-state index contributed by atoms with van der Waals surface area (Å²) >= 11 is 8.14. The van der Waals surface area contributed by atoms with Crippen molar-refractivity contribution in [1.82, 2.24) is 9.62 Å². The van der Waals surface area contributed by atoms with Gasteiger partial charge in [-0.05, 0) is 80.2 Å². The van der Waals surface area contributed by atoms with Crippen molar-refractivity contribution in [3.63, 3.8) is 0 Å². The molecule has 2 aliphatic heterocycles. The van der Waals surface area contributed by atoms with Gasteiger partial charge in [-0.25, -0.2) is 0 Å². The average molecular weight is 511 g/mol. The van der Waals surface area contributed by atoms with Crippen molar-refractivity contribution in [1.29, 1.82) is 0 Å². The van der Waals surface area contributed by atoms with Gasteiger partial charge in [0.25, 0.3) is 0 Å². The van der Waals surface area contributed by atoms with Gasteiger partial charge in [0.1, 0.15) is 5.76 Å². The van der Waals surface area contributed by atoms with Crippen LogP contribution in [0.5, 0.6) is 0 Å². The minimum Gasteiger partial charge on any atom is -0.483 e. The van der Waals surface area contributed by atoms with Crippen LogP contribution in [0.4, 0.5) is 0 Å². The number of aryl methyl sites for hydroxylation is 1. The summed E-state index contributed by atoms with van der Waals surface area (Å²) in [5, 5.41) is 0.829. The molecule has 1 aromatic rings. The van der Waals surface area contributed by atoms with Gasteiger partial charge in [0.05, 0.1) is 12.2 Å². The zero-order chi connectivity index (χ0) is 24.3. The second kappa shape index (κ2) is 11.1. The van der Waals surface area contributed by atoms with Crippen LogP contribution in [0.15, 0.2) is 65.7 Å². The molecule has 2 unspecified atom stereocenters. The Morgan fingerprint density at radius 1 is 1.17 bits per heavy atom. The lowest BCUT2D eigenvalue weighted by atomic mass is 9.77. The summed E-state index contributed by atoms with van der Waals surface area (Å²) in [7, 11) is 0. The number of ether oxygens (including phenoxy) is 1. The van der Waals surface area contributed by atoms with Gasteiger partial charge >= 0.3 is 0 Å². The zero-order valence-electron chi connectivity index (χ0n) is 21.1. The minimum absolute atomic E-state index is 0.260. The van der Waals surface area contributed by atoms with Crippen molar-refractivity contribution >= 4 is 23.5 Å². The number of hydrogen-bond donors (Lipinski definition) is 1. The Labute approximate surface area is 220 Å². The number of benzene rings is 1. The number of hydrogen-bond acceptors (Lipinski definition) is 4. The monoisotopic (exact) mass is 510 g/mol. The van der Waals surface area contributed by atoms with E-state index in [-0.39, 0.29) is 5.60 Å². The van der Waals surface area contributed by atoms with Crippen molar-refractivity contribution in [2.45, 2.75) is 76.7 Å². The summed E-state index contributed by atoms with van der Waals surface area (Å²) in [6.45, 7) is 8.75. The van der Waals surface area contributed by atoms with Gasteiger partial charge in [-0.1, -0.05) is 68.1 Å². The smallest absolute Gasteiger partial charge is 0.151 e. The Morgan fingerprint density at radius 3 is 3.00 bits per heavy atom. The summed E-state index contributed by atoms with van der Waals surface area (Å²) in [5.41, 5.74) is 6.09. The highest BCUT2D eigenvalue weighted by molar-refractivity contribution is 7.97. The van der Waals surface area contributed by atoms with Crippen LogP contribution in [0.3, 0.4) is 0 Å². The maximum absolute atomic E-state index is 7.00. The van der Waals surface area contributed by atoms with Crippen LogP contribution < -0.4 is 4.72 Å². The molecule has 2 heterocycles. The van der Waals surface area contributed by atoms with E-state index in [4.69, 9.17) is 16.3 Å². The van der Waals surface area contributed by atoms with Gasteiger partial charge in [-0.3, -0.25) is 0 Å². The van der Waals surface area contributed by atoms with Gasteiger partial charge in [0, 0.05) is 35.0 Å². The normalized spacial score (nSPS) is 29.0. The topological polar surface area (TPSA) is 24.5 Å². The Kier molecular flexibility index (Phi) is 7.89. The first-order chi connectivity index (χ1) is 17.0. The second-order valence-electron chi connectivity index (χ2n) is 10.7. The predicted molar refractivity (Wildman–Crippen MR) is 149 cm³/mol. The molecule has 0 aromatic heterocycles. The fraction of sp³-hybridized carbons (Fsp3) is 0.533. The molecule has 2 aliphatic carbocycles. The van der Waals surface area contributed by atoms with Crippen LogP contribution >= 0.6 is 23.5 Å². The molecule has 1 N–H and O–H groups in total. The Morgan fingerprint density at radius 2 is 2.09 bits per heavy atom. The molecule has 35 heavy (non-hydrogen) atoms. The molecular weight excluding hydrogens is 472 g/mol. The first-order valence-electron chi connectivity index (χ1n) is 13.4. The quantitative estimate of drug-likeness (QED) is 0.282. The van der Waals surface area contributed by atoms with Crippen LogP contribution in [-0.4, -0.2) is 23.7 Å². The summed E-state index contributed by atoms with van der Waals surface area (Å²) in [5.74, 6) is 2.97. The summed E-state index contributed by atoms with van der Waals surface area (Å²) < 4.78 is 10.5. The van der Waals surface area contributed by atoms with Crippen molar-refractivity contribution < 1.29 is 4.74 Å². The molecule has 0 radical (unpaired) electrons. The largest absolute Gasteiger partial charge is 0.483 e. The van der Waals surface area contributed by atoms with Crippen LogP contribution in [0, 0.1) is 5.92 Å². The predicted octanol–water partition coefficient (Wildman–Crippen LogP) is 8.04. The Hall–Kier alpha value is -1.78. The van der Waals surface area contributed by atoms with E-state index < -0.39 is 0 Å². The molecule has 0 amide bonds. The second-order valence-corrected chi connectivity index (χ2v) is 12.0. The number of nitrogens with zero attached hydrogens (tertiary/aromatic N) is 1. The van der Waals surface area contributed by atoms with E-state index in [2.05, 4.69) is 53.5 Å². The third-order valence-electron chi connectivity index (χ3n) is 7.96. The van der Waals surface area contributed by atoms with Crippen LogP contribution in [0.25, 0.3) is 0 Å². The van der Waals surface area contributed by atoms with Crippen molar-refractivity contribution in [3.05, 3.63) is 81.9 Å². The molecule has 2 bridgehead atoms. The SMILES string of the molecule is C=C1NSCC/C=C/CC(C)CCCCN2CC3(CCCc4cc(Cl)ccc43)OC3=C2C=C1CC3. The number of rotatable bonds is 0. The van der Waals surface area contributed by atoms with E-state index in [1.165, 1.54) is 53.8 Å². The van der Waals surface area contributed by atoms with E-state index in [9.17, 15) is 0 Å². The van der Waals surface area contributed by atoms with E-state index in [1.807, 2.05) is 6.07 Å². The van der Waals surface area contributed by atoms with Gasteiger partial charge in [-0.2, -0.15) is 0 Å². The first-order valence-corrected chi connectivity index (χ1v) is 14.8. The fourth-order valence-electron chi connectivity index (χ4n) is 6.04. The molecule has 5 heteroatoms. The number of halogens is 1. The van der Waals surface area contributed by atoms with E-state index in [0.29, 0.717) is 0 Å². The molecule has 188 valence electrons. The number of allylic oxidation sites excluding steroid dienone is 5. The van der Waals surface area contributed by atoms with Gasteiger partial charge in [0.15, 0.2) is 5.60 Å². The molecule has 0 saturated carbocycles. The maximum Gasteiger partial charge on any atom is 0.151 e. The molecule has 4 aliphatic rings. The average Bonchev–Trinajstić information content (AvgIpc) is 2.85. The zero-order valence-corrected chi connectivity index (χ0v) is 22.7. The molecule has 0 saturated heterocycles. The van der Waals surface area contributed by atoms with Crippen LogP contribution in [0.1, 0.15) is 75.8 Å². The highest BCUT2D eigenvalue weighted by Crippen LogP contribution is 2.47. The number of fused-ring (bicyclic) bond motifs is 2. The Balaban J connectivity index is 1.45. The van der Waals surface area contributed by atoms with Crippen LogP contribution in [0.2, 0.25) is 5.02 Å². The highest BCUT2D eigenvalue weighted by atomic mass is 35.5. The summed E-state index contributed by atoms with van der Waals surface area (Å²) in [6, 6.07) is 6.42. The van der Waals surface area contributed by atoms with E-state index >= 15 is 0 Å². The van der Waals surface area contributed by atoms with Gasteiger partial charge < -0.3 is 14.4 Å². The molecule has 0 fully saturated rings. The van der Waals surface area contributed by atoms with Crippen molar-refractivity contribution in [2.24, 2.45) is 5.92 Å². The van der Waals surface area contributed by atoms with E-state index in [0.717, 1.165) is 74.0 Å². The van der Waals surface area contributed by atoms with Crippen molar-refractivity contribution in [2.75, 3.05) is 18.8 Å². The fourth-order valence-corrected chi connectivity index (χ4v) is 6.89. The first kappa shape index (κ1) is 24.9. The highest BCUT2D eigenvalue weighted by Gasteiger charge is 2.45. The van der Waals surface area contributed by atoms with Crippen molar-refractivity contribution in [3.8, 4) is 0 Å². The third-order valence-corrected chi connectivity index (χ3v) is 9.02. The molecule has 2 atom stereocenters. The third kappa shape index (κ3) is 5.64. The molecule has 3 nitrogen and oxygen atoms in total. The molecule has 1 aromatic carbocycles. The lowest BCUT2D eigenvalue weighted by Gasteiger charge is -2.49. The van der Waals surface area contributed by atoms with Gasteiger partial charge in [-0.15, -0.1) is 0 Å². The summed E-state index contributed by atoms with van der Waals surface area (Å²) in [4.78, 5) is 2.63. The van der Waals surface area contributed by atoms with Crippen LogP contribution in [-0.2, 0) is 16.8 Å². The number of nitrogens with one attached hydrogen (secondary N) is 1. The molecule has 5 rings (SSSR count). The van der Waals surface area contributed by atoms with E-state index in [1.54, 1.807) is 11.9 Å². The molecular formula is C30H39ClN2OS. The Bertz CT molecular complexity index is 1040. The summed E-state index contributed by atoms with van der Waals surface area (Å²) in [6.07, 6.45) is 18.4.